The third kappa shape index (κ3) is 3.64. The molecule has 0 bridgehead atoms. The van der Waals surface area contributed by atoms with Crippen LogP contribution in [0.4, 0.5) is 0 Å². The molecule has 0 aliphatic rings. The highest BCUT2D eigenvalue weighted by Gasteiger charge is 2.13. The van der Waals surface area contributed by atoms with Crippen LogP contribution in [-0.2, 0) is 11.2 Å². The third-order valence-electron chi connectivity index (χ3n) is 2.46. The number of rotatable bonds is 5. The fourth-order valence-corrected chi connectivity index (χ4v) is 1.41. The van der Waals surface area contributed by atoms with E-state index in [0.29, 0.717) is 12.0 Å². The molecule has 0 spiro atoms. The molecule has 88 valence electrons. The van der Waals surface area contributed by atoms with Gasteiger partial charge in [-0.3, -0.25) is 4.79 Å². The molecular formula is C12H17NO3. The summed E-state index contributed by atoms with van der Waals surface area (Å²) in [4.78, 5) is 10.6. The van der Waals surface area contributed by atoms with Crippen LogP contribution in [0, 0.1) is 0 Å². The molecule has 0 aliphatic heterocycles. The van der Waals surface area contributed by atoms with E-state index in [4.69, 9.17) is 15.9 Å². The molecule has 0 amide bonds. The van der Waals surface area contributed by atoms with Crippen LogP contribution in [0.25, 0.3) is 0 Å². The zero-order valence-corrected chi connectivity index (χ0v) is 9.26. The van der Waals surface area contributed by atoms with E-state index in [2.05, 4.69) is 0 Å². The third-order valence-corrected chi connectivity index (χ3v) is 2.46. The van der Waals surface area contributed by atoms with Gasteiger partial charge in [-0.2, -0.15) is 0 Å². The van der Waals surface area contributed by atoms with E-state index in [0.717, 1.165) is 12.0 Å². The van der Waals surface area contributed by atoms with Crippen molar-refractivity contribution in [1.29, 1.82) is 0 Å². The average molecular weight is 223 g/mol. The van der Waals surface area contributed by atoms with Crippen molar-refractivity contribution in [3.63, 3.8) is 0 Å². The summed E-state index contributed by atoms with van der Waals surface area (Å²) in [5.74, 6) is -1.03. The minimum Gasteiger partial charge on any atom is -0.480 e. The number of benzene rings is 1. The molecule has 4 N–H and O–H groups in total. The van der Waals surface area contributed by atoms with Crippen LogP contribution in [0.5, 0.6) is 0 Å². The number of aliphatic hydroxyl groups excluding tert-OH is 1. The van der Waals surface area contributed by atoms with Gasteiger partial charge in [-0.05, 0) is 30.9 Å². The van der Waals surface area contributed by atoms with Gasteiger partial charge in [0.15, 0.2) is 0 Å². The molecule has 2 unspecified atom stereocenters. The van der Waals surface area contributed by atoms with Crippen molar-refractivity contribution < 1.29 is 15.0 Å². The maximum atomic E-state index is 10.6. The van der Waals surface area contributed by atoms with Crippen LogP contribution >= 0.6 is 0 Å². The largest absolute Gasteiger partial charge is 0.480 e. The zero-order chi connectivity index (χ0) is 12.1. The first-order valence-corrected chi connectivity index (χ1v) is 5.26. The maximum Gasteiger partial charge on any atom is 0.325 e. The second kappa shape index (κ2) is 5.63. The van der Waals surface area contributed by atoms with Crippen molar-refractivity contribution in [3.05, 3.63) is 35.4 Å². The van der Waals surface area contributed by atoms with Gasteiger partial charge in [-0.25, -0.2) is 0 Å². The van der Waals surface area contributed by atoms with E-state index in [-0.39, 0.29) is 6.10 Å². The molecule has 0 aliphatic carbocycles. The number of carbonyl (C=O) groups is 1. The van der Waals surface area contributed by atoms with E-state index in [9.17, 15) is 4.79 Å². The molecule has 1 aromatic rings. The molecule has 16 heavy (non-hydrogen) atoms. The summed E-state index contributed by atoms with van der Waals surface area (Å²) >= 11 is 0. The molecule has 1 rings (SSSR count). The number of hydrogen-bond donors (Lipinski definition) is 3. The number of hydrogen-bond acceptors (Lipinski definition) is 3. The maximum absolute atomic E-state index is 10.6. The van der Waals surface area contributed by atoms with Gasteiger partial charge in [-0.15, -0.1) is 0 Å². The summed E-state index contributed by atoms with van der Waals surface area (Å²) in [6.07, 6.45) is 1.16. The van der Waals surface area contributed by atoms with Crippen molar-refractivity contribution in [2.24, 2.45) is 5.73 Å². The Morgan fingerprint density at radius 2 is 1.94 bits per heavy atom. The Kier molecular flexibility index (Phi) is 4.46. The standard InChI is InChI=1S/C12H17NO3/c1-8(14)2-3-9-4-6-10(7-5-9)11(13)12(15)16/h4-8,11,14H,2-3,13H2,1H3,(H,15,16). The monoisotopic (exact) mass is 223 g/mol. The lowest BCUT2D eigenvalue weighted by Crippen LogP contribution is -2.20. The number of aryl methyl sites for hydroxylation is 1. The smallest absolute Gasteiger partial charge is 0.325 e. The minimum absolute atomic E-state index is 0.319. The highest BCUT2D eigenvalue weighted by atomic mass is 16.4. The highest BCUT2D eigenvalue weighted by Crippen LogP contribution is 2.13. The topological polar surface area (TPSA) is 83.5 Å². The van der Waals surface area contributed by atoms with Gasteiger partial charge in [0, 0.05) is 0 Å². The summed E-state index contributed by atoms with van der Waals surface area (Å²) in [7, 11) is 0. The molecule has 0 saturated heterocycles. The van der Waals surface area contributed by atoms with E-state index in [1.54, 1.807) is 19.1 Å². The molecule has 0 radical (unpaired) electrons. The fraction of sp³-hybridized carbons (Fsp3) is 0.417. The van der Waals surface area contributed by atoms with Crippen LogP contribution in [0.3, 0.4) is 0 Å². The van der Waals surface area contributed by atoms with E-state index < -0.39 is 12.0 Å². The Morgan fingerprint density at radius 3 is 2.38 bits per heavy atom. The Hall–Kier alpha value is -1.39. The minimum atomic E-state index is -1.03. The number of aliphatic hydroxyl groups is 1. The van der Waals surface area contributed by atoms with Crippen LogP contribution < -0.4 is 5.73 Å². The SMILES string of the molecule is CC(O)CCc1ccc(C(N)C(=O)O)cc1. The van der Waals surface area contributed by atoms with Crippen LogP contribution in [0.2, 0.25) is 0 Å². The lowest BCUT2D eigenvalue weighted by Gasteiger charge is -2.08. The Labute approximate surface area is 94.7 Å². The molecule has 4 heteroatoms. The number of nitrogens with two attached hydrogens (primary N) is 1. The van der Waals surface area contributed by atoms with Gasteiger partial charge >= 0.3 is 5.97 Å². The highest BCUT2D eigenvalue weighted by molar-refractivity contribution is 5.75. The van der Waals surface area contributed by atoms with Crippen molar-refractivity contribution in [2.75, 3.05) is 0 Å². The van der Waals surface area contributed by atoms with E-state index >= 15 is 0 Å². The van der Waals surface area contributed by atoms with E-state index in [1.165, 1.54) is 0 Å². The molecule has 0 fully saturated rings. The number of carboxylic acid groups (broad SMARTS) is 1. The van der Waals surface area contributed by atoms with Crippen molar-refractivity contribution in [2.45, 2.75) is 31.9 Å². The molecule has 0 heterocycles. The van der Waals surface area contributed by atoms with E-state index in [1.807, 2.05) is 12.1 Å². The molecule has 1 aromatic carbocycles. The van der Waals surface area contributed by atoms with Crippen LogP contribution in [-0.4, -0.2) is 22.3 Å². The quantitative estimate of drug-likeness (QED) is 0.697. The first kappa shape index (κ1) is 12.7. The van der Waals surface area contributed by atoms with Gasteiger partial charge in [0.1, 0.15) is 6.04 Å². The van der Waals surface area contributed by atoms with Gasteiger partial charge in [-0.1, -0.05) is 24.3 Å². The molecule has 0 saturated carbocycles. The average Bonchev–Trinajstić information content (AvgIpc) is 2.26. The van der Waals surface area contributed by atoms with Gasteiger partial charge in [0.2, 0.25) is 0 Å². The van der Waals surface area contributed by atoms with Gasteiger partial charge in [0.25, 0.3) is 0 Å². The zero-order valence-electron chi connectivity index (χ0n) is 9.26. The van der Waals surface area contributed by atoms with Gasteiger partial charge < -0.3 is 15.9 Å². The van der Waals surface area contributed by atoms with Crippen molar-refractivity contribution >= 4 is 5.97 Å². The van der Waals surface area contributed by atoms with Crippen molar-refractivity contribution in [1.82, 2.24) is 0 Å². The Balaban J connectivity index is 2.64. The molecule has 0 aromatic heterocycles. The van der Waals surface area contributed by atoms with Crippen LogP contribution in [0.1, 0.15) is 30.5 Å². The lowest BCUT2D eigenvalue weighted by molar-refractivity contribution is -0.138. The Morgan fingerprint density at radius 1 is 1.38 bits per heavy atom. The molecular weight excluding hydrogens is 206 g/mol. The number of aliphatic carboxylic acids is 1. The second-order valence-electron chi connectivity index (χ2n) is 3.95. The first-order valence-electron chi connectivity index (χ1n) is 5.26. The summed E-state index contributed by atoms with van der Waals surface area (Å²) < 4.78 is 0. The molecule has 4 nitrogen and oxygen atoms in total. The molecule has 2 atom stereocenters. The summed E-state index contributed by atoms with van der Waals surface area (Å²) in [5, 5.41) is 17.9. The lowest BCUT2D eigenvalue weighted by atomic mass is 10.0. The van der Waals surface area contributed by atoms with Gasteiger partial charge in [0.05, 0.1) is 6.10 Å². The number of carboxylic acids is 1. The summed E-state index contributed by atoms with van der Waals surface area (Å²) in [5.41, 5.74) is 7.13. The van der Waals surface area contributed by atoms with Crippen LogP contribution in [0.15, 0.2) is 24.3 Å². The predicted octanol–water partition coefficient (Wildman–Crippen LogP) is 1.08. The summed E-state index contributed by atoms with van der Waals surface area (Å²) in [6.45, 7) is 1.74. The first-order chi connectivity index (χ1) is 7.50. The second-order valence-corrected chi connectivity index (χ2v) is 3.95. The van der Waals surface area contributed by atoms with Crippen molar-refractivity contribution in [3.8, 4) is 0 Å². The Bertz CT molecular complexity index is 346. The predicted molar refractivity (Wildman–Crippen MR) is 61.0 cm³/mol. The fourth-order valence-electron chi connectivity index (χ4n) is 1.41. The summed E-state index contributed by atoms with van der Waals surface area (Å²) in [6, 6.07) is 6.17. The normalized spacial score (nSPS) is 14.4.